The van der Waals surface area contributed by atoms with Crippen LogP contribution in [0.3, 0.4) is 0 Å². The van der Waals surface area contributed by atoms with Crippen molar-refractivity contribution in [2.45, 2.75) is 0 Å². The smallest absolute Gasteiger partial charge is 0.281 e. The van der Waals surface area contributed by atoms with E-state index in [0.29, 0.717) is 0 Å². The topological polar surface area (TPSA) is 51.2 Å². The quantitative estimate of drug-likeness (QED) is 0.448. The molecule has 0 aliphatic heterocycles. The average molecular weight is 187 g/mol. The van der Waals surface area contributed by atoms with Crippen molar-refractivity contribution in [1.29, 1.82) is 0 Å². The Balaban J connectivity index is -0.00000000900. The summed E-state index contributed by atoms with van der Waals surface area (Å²) in [6.07, 6.45) is 0. The molecule has 0 bridgehead atoms. The zero-order valence-corrected chi connectivity index (χ0v) is 4.70. The number of carbonyl (C=O) groups excluding carboxylic acids is 3. The van der Waals surface area contributed by atoms with Gasteiger partial charge in [-0.3, -0.25) is 14.4 Å². The SMILES string of the molecule is [C]=O.[C]=O.[C]=O.[Rh]. The van der Waals surface area contributed by atoms with Gasteiger partial charge < -0.3 is 0 Å². The molecule has 3 nitrogen and oxygen atoms in total. The van der Waals surface area contributed by atoms with Crippen molar-refractivity contribution in [1.82, 2.24) is 0 Å². The minimum atomic E-state index is 0. The summed E-state index contributed by atoms with van der Waals surface area (Å²) in [4.78, 5) is 22.5. The molecule has 0 saturated heterocycles. The van der Waals surface area contributed by atoms with Crippen LogP contribution in [0.4, 0.5) is 0 Å². The third-order valence-electron chi connectivity index (χ3n) is 0. The number of rotatable bonds is 0. The molecule has 7 heavy (non-hydrogen) atoms. The van der Waals surface area contributed by atoms with Gasteiger partial charge in [0.05, 0.1) is 0 Å². The summed E-state index contributed by atoms with van der Waals surface area (Å²) < 4.78 is 0. The van der Waals surface area contributed by atoms with Gasteiger partial charge in [-0.05, 0) is 0 Å². The molecule has 0 heterocycles. The van der Waals surface area contributed by atoms with Crippen LogP contribution in [-0.2, 0) is 33.9 Å². The fraction of sp³-hybridized carbons (Fsp3) is 0. The van der Waals surface area contributed by atoms with Crippen molar-refractivity contribution >= 4 is 20.4 Å². The summed E-state index contributed by atoms with van der Waals surface area (Å²) in [7, 11) is 0. The summed E-state index contributed by atoms with van der Waals surface area (Å²) in [6, 6.07) is 0. The molecule has 0 aromatic heterocycles. The Kier molecular flexibility index (Phi) is 3900. The Hall–Kier alpha value is -0.367. The second kappa shape index (κ2) is 900. The van der Waals surface area contributed by atoms with Crippen LogP contribution in [0.5, 0.6) is 0 Å². The van der Waals surface area contributed by atoms with Gasteiger partial charge in [-0.1, -0.05) is 0 Å². The van der Waals surface area contributed by atoms with E-state index in [1.54, 1.807) is 0 Å². The summed E-state index contributed by atoms with van der Waals surface area (Å²) in [5.74, 6) is 0. The summed E-state index contributed by atoms with van der Waals surface area (Å²) in [5, 5.41) is 0. The van der Waals surface area contributed by atoms with Crippen molar-refractivity contribution in [3.05, 3.63) is 0 Å². The van der Waals surface area contributed by atoms with Crippen LogP contribution in [0, 0.1) is 0 Å². The van der Waals surface area contributed by atoms with E-state index in [1.165, 1.54) is 0 Å². The van der Waals surface area contributed by atoms with E-state index in [9.17, 15) is 0 Å². The second-order valence-electron chi connectivity index (χ2n) is 0. The monoisotopic (exact) mass is 187 g/mol. The van der Waals surface area contributed by atoms with Gasteiger partial charge in [0.25, 0.3) is 20.4 Å². The van der Waals surface area contributed by atoms with Gasteiger partial charge in [0.15, 0.2) is 0 Å². The van der Waals surface area contributed by atoms with Crippen molar-refractivity contribution < 1.29 is 33.9 Å². The van der Waals surface area contributed by atoms with Crippen LogP contribution in [0.15, 0.2) is 0 Å². The van der Waals surface area contributed by atoms with Gasteiger partial charge in [-0.15, -0.1) is 0 Å². The van der Waals surface area contributed by atoms with E-state index in [-0.39, 0.29) is 19.5 Å². The van der Waals surface area contributed by atoms with Gasteiger partial charge in [-0.25, -0.2) is 0 Å². The molecule has 0 fully saturated rings. The van der Waals surface area contributed by atoms with E-state index >= 15 is 0 Å². The molecule has 0 N–H and O–H groups in total. The maximum absolute atomic E-state index is 7.50. The first-order chi connectivity index (χ1) is 3.00. The zero-order chi connectivity index (χ0) is 6.00. The van der Waals surface area contributed by atoms with Crippen molar-refractivity contribution in [3.8, 4) is 0 Å². The Bertz CT molecular complexity index is 14.9. The number of hydrogen-bond acceptors (Lipinski definition) is 3. The van der Waals surface area contributed by atoms with Crippen LogP contribution in [0.25, 0.3) is 0 Å². The Morgan fingerprint density at radius 1 is 0.571 bits per heavy atom. The van der Waals surface area contributed by atoms with E-state index in [0.717, 1.165) is 0 Å². The molecule has 0 unspecified atom stereocenters. The molecule has 0 saturated carbocycles. The molecule has 0 aliphatic carbocycles. The third kappa shape index (κ3) is 553. The molecule has 0 aromatic rings. The van der Waals surface area contributed by atoms with Crippen LogP contribution < -0.4 is 0 Å². The minimum Gasteiger partial charge on any atom is -0.281 e. The van der Waals surface area contributed by atoms with E-state index < -0.39 is 0 Å². The molecule has 7 radical (unpaired) electrons. The summed E-state index contributed by atoms with van der Waals surface area (Å²) in [6.45, 7) is 13.5. The maximum Gasteiger partial charge on any atom is 0.281 e. The predicted molar refractivity (Wildman–Crippen MR) is 17.1 cm³/mol. The Morgan fingerprint density at radius 3 is 0.571 bits per heavy atom. The molecule has 0 rings (SSSR count). The summed E-state index contributed by atoms with van der Waals surface area (Å²) >= 11 is 0. The zero-order valence-electron chi connectivity index (χ0n) is 3.06. The third-order valence-corrected chi connectivity index (χ3v) is 0. The first-order valence-electron chi connectivity index (χ1n) is 0.612. The Labute approximate surface area is 54.8 Å². The Morgan fingerprint density at radius 2 is 0.571 bits per heavy atom. The molecular weight excluding hydrogens is 187 g/mol. The van der Waals surface area contributed by atoms with Crippen LogP contribution in [0.2, 0.25) is 0 Å². The molecule has 0 aromatic carbocycles. The van der Waals surface area contributed by atoms with Gasteiger partial charge in [-0.2, -0.15) is 0 Å². The van der Waals surface area contributed by atoms with Crippen LogP contribution in [0.1, 0.15) is 0 Å². The molecule has 0 atom stereocenters. The van der Waals surface area contributed by atoms with Gasteiger partial charge in [0.1, 0.15) is 0 Å². The molecule has 4 heteroatoms. The second-order valence-corrected chi connectivity index (χ2v) is 0. The first-order valence-corrected chi connectivity index (χ1v) is 0.612. The number of hydrogen-bond donors (Lipinski definition) is 0. The molecule has 0 amide bonds. The average Bonchev–Trinajstić information content (AvgIpc) is 1.81. The van der Waals surface area contributed by atoms with Crippen LogP contribution in [-0.4, -0.2) is 20.4 Å². The first kappa shape index (κ1) is 30.4. The molecular formula is C3O3Rh. The molecule has 0 spiro atoms. The fourth-order valence-electron chi connectivity index (χ4n) is 0. The fourth-order valence-corrected chi connectivity index (χ4v) is 0. The standard InChI is InChI=1S/3CO.Rh/c3*1-2;. The van der Waals surface area contributed by atoms with Crippen molar-refractivity contribution in [2.75, 3.05) is 0 Å². The van der Waals surface area contributed by atoms with Gasteiger partial charge in [0, 0.05) is 19.5 Å². The predicted octanol–water partition coefficient (Wildman–Crippen LogP) is -1.19. The van der Waals surface area contributed by atoms with E-state index in [2.05, 4.69) is 20.4 Å². The summed E-state index contributed by atoms with van der Waals surface area (Å²) in [5.41, 5.74) is 0. The molecule has 0 aliphatic rings. The normalized spacial score (nSPS) is 1.71. The van der Waals surface area contributed by atoms with Crippen LogP contribution >= 0.6 is 0 Å². The van der Waals surface area contributed by atoms with E-state index in [1.807, 2.05) is 0 Å². The van der Waals surface area contributed by atoms with Gasteiger partial charge in [0.2, 0.25) is 0 Å². The van der Waals surface area contributed by atoms with Crippen molar-refractivity contribution in [2.24, 2.45) is 0 Å². The van der Waals surface area contributed by atoms with E-state index in [4.69, 9.17) is 14.4 Å². The van der Waals surface area contributed by atoms with Gasteiger partial charge >= 0.3 is 0 Å². The molecule has 39 valence electrons. The van der Waals surface area contributed by atoms with Crippen molar-refractivity contribution in [3.63, 3.8) is 0 Å². The largest absolute Gasteiger partial charge is 0.281 e. The minimum absolute atomic E-state index is 0. The maximum atomic E-state index is 7.50.